The third kappa shape index (κ3) is 5.10. The van der Waals surface area contributed by atoms with Crippen molar-refractivity contribution in [2.75, 3.05) is 24.9 Å². The number of rotatable bonds is 5. The normalized spacial score (nSPS) is 10.6. The smallest absolute Gasteiger partial charge is 0.354 e. The molecule has 1 aromatic rings. The van der Waals surface area contributed by atoms with Crippen LogP contribution in [-0.2, 0) is 23.9 Å². The lowest BCUT2D eigenvalue weighted by Crippen LogP contribution is -2.17. The van der Waals surface area contributed by atoms with Crippen LogP contribution in [0.25, 0.3) is 0 Å². The van der Waals surface area contributed by atoms with Gasteiger partial charge in [-0.2, -0.15) is 0 Å². The van der Waals surface area contributed by atoms with Gasteiger partial charge in [0.1, 0.15) is 5.70 Å². The van der Waals surface area contributed by atoms with Crippen LogP contribution in [0.3, 0.4) is 0 Å². The maximum absolute atomic E-state index is 11.7. The molecule has 0 atom stereocenters. The second-order valence-corrected chi connectivity index (χ2v) is 4.51. The predicted molar refractivity (Wildman–Crippen MR) is 81.5 cm³/mol. The molecule has 8 heteroatoms. The zero-order valence-electron chi connectivity index (χ0n) is 12.2. The van der Waals surface area contributed by atoms with Crippen molar-refractivity contribution in [3.05, 3.63) is 35.0 Å². The minimum atomic E-state index is -0.779. The lowest BCUT2D eigenvalue weighted by Gasteiger charge is -2.14. The molecule has 0 aliphatic rings. The molecular weight excluding hydrogens is 312 g/mol. The van der Waals surface area contributed by atoms with E-state index in [1.807, 2.05) is 0 Å². The lowest BCUT2D eigenvalue weighted by atomic mass is 10.2. The number of nitrogens with one attached hydrogen (secondary N) is 2. The Morgan fingerprint density at radius 1 is 1.09 bits per heavy atom. The fourth-order valence-electron chi connectivity index (χ4n) is 1.50. The predicted octanol–water partition coefficient (Wildman–Crippen LogP) is 1.94. The maximum Gasteiger partial charge on any atom is 0.354 e. The summed E-state index contributed by atoms with van der Waals surface area (Å²) in [4.78, 5) is 34.2. The second-order valence-electron chi connectivity index (χ2n) is 4.07. The minimum absolute atomic E-state index is 0.164. The molecule has 0 spiro atoms. The molecule has 0 unspecified atom stereocenters. The molecule has 0 saturated carbocycles. The van der Waals surface area contributed by atoms with Crippen molar-refractivity contribution in [3.8, 4) is 0 Å². The van der Waals surface area contributed by atoms with E-state index in [4.69, 9.17) is 11.6 Å². The first-order valence-electron chi connectivity index (χ1n) is 6.09. The standard InChI is InChI=1S/C14H15ClN2O5/c1-8(18)16-10-5-4-9(15)6-11(10)17-12(14(20)22-3)7-13(19)21-2/h4-7,17H,1-3H3,(H,16,18)/b12-7+. The minimum Gasteiger partial charge on any atom is -0.466 e. The topological polar surface area (TPSA) is 93.7 Å². The summed E-state index contributed by atoms with van der Waals surface area (Å²) >= 11 is 5.90. The maximum atomic E-state index is 11.7. The number of anilines is 2. The van der Waals surface area contributed by atoms with Crippen LogP contribution in [-0.4, -0.2) is 32.1 Å². The van der Waals surface area contributed by atoms with E-state index in [9.17, 15) is 14.4 Å². The molecule has 0 aliphatic heterocycles. The summed E-state index contributed by atoms with van der Waals surface area (Å²) in [5, 5.41) is 5.64. The molecule has 1 aromatic carbocycles. The Morgan fingerprint density at radius 2 is 1.77 bits per heavy atom. The Labute approximate surface area is 132 Å². The van der Waals surface area contributed by atoms with Crippen molar-refractivity contribution in [3.63, 3.8) is 0 Å². The summed E-state index contributed by atoms with van der Waals surface area (Å²) in [6, 6.07) is 4.61. The van der Waals surface area contributed by atoms with Crippen LogP contribution in [0.1, 0.15) is 6.92 Å². The first-order chi connectivity index (χ1) is 10.4. The Hall–Kier alpha value is -2.54. The van der Waals surface area contributed by atoms with Crippen LogP contribution in [0.4, 0.5) is 11.4 Å². The summed E-state index contributed by atoms with van der Waals surface area (Å²) in [6.45, 7) is 1.34. The third-order valence-corrected chi connectivity index (χ3v) is 2.67. The second kappa shape index (κ2) is 8.04. The van der Waals surface area contributed by atoms with E-state index in [1.54, 1.807) is 12.1 Å². The van der Waals surface area contributed by atoms with Crippen LogP contribution in [0, 0.1) is 0 Å². The first-order valence-corrected chi connectivity index (χ1v) is 6.47. The van der Waals surface area contributed by atoms with Gasteiger partial charge < -0.3 is 20.1 Å². The van der Waals surface area contributed by atoms with Crippen molar-refractivity contribution in [1.82, 2.24) is 0 Å². The number of esters is 2. The molecule has 0 aliphatic carbocycles. The molecule has 22 heavy (non-hydrogen) atoms. The summed E-state index contributed by atoms with van der Waals surface area (Å²) in [5.74, 6) is -1.82. The van der Waals surface area contributed by atoms with Crippen LogP contribution >= 0.6 is 11.6 Å². The van der Waals surface area contributed by atoms with E-state index in [2.05, 4.69) is 20.1 Å². The molecule has 1 amide bonds. The molecule has 0 radical (unpaired) electrons. The lowest BCUT2D eigenvalue weighted by molar-refractivity contribution is -0.138. The Kier molecular flexibility index (Phi) is 6.40. The molecule has 118 valence electrons. The molecule has 0 aromatic heterocycles. The quantitative estimate of drug-likeness (QED) is 0.634. The number of hydrogen-bond donors (Lipinski definition) is 2. The highest BCUT2D eigenvalue weighted by Gasteiger charge is 2.15. The van der Waals surface area contributed by atoms with Crippen molar-refractivity contribution in [1.29, 1.82) is 0 Å². The van der Waals surface area contributed by atoms with Gasteiger partial charge in [0.15, 0.2) is 0 Å². The van der Waals surface area contributed by atoms with Crippen molar-refractivity contribution < 1.29 is 23.9 Å². The number of benzene rings is 1. The van der Waals surface area contributed by atoms with E-state index in [-0.39, 0.29) is 11.6 Å². The molecule has 0 fully saturated rings. The summed E-state index contributed by atoms with van der Waals surface area (Å²) in [6.07, 6.45) is 0.935. The summed E-state index contributed by atoms with van der Waals surface area (Å²) in [7, 11) is 2.34. The number of hydrogen-bond acceptors (Lipinski definition) is 6. The average Bonchev–Trinajstić information content (AvgIpc) is 2.47. The van der Waals surface area contributed by atoms with Gasteiger partial charge in [0.05, 0.1) is 31.7 Å². The molecule has 0 saturated heterocycles. The number of halogens is 1. The monoisotopic (exact) mass is 326 g/mol. The number of methoxy groups -OCH3 is 2. The highest BCUT2D eigenvalue weighted by molar-refractivity contribution is 6.31. The Balaban J connectivity index is 3.19. The van der Waals surface area contributed by atoms with E-state index in [1.165, 1.54) is 27.2 Å². The van der Waals surface area contributed by atoms with Gasteiger partial charge in [-0.15, -0.1) is 0 Å². The Bertz CT molecular complexity index is 628. The van der Waals surface area contributed by atoms with E-state index < -0.39 is 11.9 Å². The van der Waals surface area contributed by atoms with Gasteiger partial charge in [-0.05, 0) is 18.2 Å². The molecule has 0 bridgehead atoms. The molecule has 0 heterocycles. The molecular formula is C14H15ClN2O5. The molecule has 2 N–H and O–H groups in total. The van der Waals surface area contributed by atoms with Crippen molar-refractivity contribution in [2.24, 2.45) is 0 Å². The largest absolute Gasteiger partial charge is 0.466 e. The SMILES string of the molecule is COC(=O)/C=C(/Nc1cc(Cl)ccc1NC(C)=O)C(=O)OC. The van der Waals surface area contributed by atoms with E-state index >= 15 is 0 Å². The Morgan fingerprint density at radius 3 is 2.32 bits per heavy atom. The van der Waals surface area contributed by atoms with Gasteiger partial charge in [0.25, 0.3) is 0 Å². The zero-order valence-corrected chi connectivity index (χ0v) is 13.0. The summed E-state index contributed by atoms with van der Waals surface area (Å²) in [5.41, 5.74) is 0.544. The average molecular weight is 327 g/mol. The third-order valence-electron chi connectivity index (χ3n) is 2.43. The van der Waals surface area contributed by atoms with Gasteiger partial charge in [0, 0.05) is 11.9 Å². The van der Waals surface area contributed by atoms with Crippen molar-refractivity contribution >= 4 is 40.8 Å². The van der Waals surface area contributed by atoms with Gasteiger partial charge in [-0.3, -0.25) is 4.79 Å². The summed E-state index contributed by atoms with van der Waals surface area (Å²) < 4.78 is 9.06. The highest BCUT2D eigenvalue weighted by Crippen LogP contribution is 2.27. The van der Waals surface area contributed by atoms with Gasteiger partial charge in [-0.1, -0.05) is 11.6 Å². The fraction of sp³-hybridized carbons (Fsp3) is 0.214. The van der Waals surface area contributed by atoms with Crippen LogP contribution in [0.5, 0.6) is 0 Å². The fourth-order valence-corrected chi connectivity index (χ4v) is 1.67. The number of ether oxygens (including phenoxy) is 2. The highest BCUT2D eigenvalue weighted by atomic mass is 35.5. The number of amides is 1. The van der Waals surface area contributed by atoms with E-state index in [0.717, 1.165) is 6.08 Å². The van der Waals surface area contributed by atoms with Crippen LogP contribution in [0.2, 0.25) is 5.02 Å². The van der Waals surface area contributed by atoms with Gasteiger partial charge in [0.2, 0.25) is 5.91 Å². The van der Waals surface area contributed by atoms with Gasteiger partial charge >= 0.3 is 11.9 Å². The number of carbonyl (C=O) groups excluding carboxylic acids is 3. The van der Waals surface area contributed by atoms with Crippen molar-refractivity contribution in [2.45, 2.75) is 6.92 Å². The van der Waals surface area contributed by atoms with Crippen LogP contribution in [0.15, 0.2) is 30.0 Å². The zero-order chi connectivity index (χ0) is 16.7. The van der Waals surface area contributed by atoms with Crippen LogP contribution < -0.4 is 10.6 Å². The van der Waals surface area contributed by atoms with Gasteiger partial charge in [-0.25, -0.2) is 9.59 Å². The molecule has 1 rings (SSSR count). The molecule has 7 nitrogen and oxygen atoms in total. The number of carbonyl (C=O) groups is 3. The van der Waals surface area contributed by atoms with E-state index in [0.29, 0.717) is 16.4 Å². The first kappa shape index (κ1) is 17.5.